The molecule has 0 aliphatic heterocycles. The summed E-state index contributed by atoms with van der Waals surface area (Å²) in [5.74, 6) is 0.724. The van der Waals surface area contributed by atoms with Crippen molar-refractivity contribution in [2.45, 2.75) is 43.8 Å². The highest BCUT2D eigenvalue weighted by Crippen LogP contribution is 2.48. The van der Waals surface area contributed by atoms with E-state index in [1.807, 2.05) is 18.2 Å². The smallest absolute Gasteiger partial charge is 0.105 e. The number of benzene rings is 1. The van der Waals surface area contributed by atoms with Crippen molar-refractivity contribution in [3.63, 3.8) is 0 Å². The highest BCUT2D eigenvalue weighted by Gasteiger charge is 2.41. The van der Waals surface area contributed by atoms with Crippen LogP contribution in [-0.4, -0.2) is 16.3 Å². The molecular weight excluding hydrogens is 200 g/mol. The van der Waals surface area contributed by atoms with Gasteiger partial charge in [0, 0.05) is 0 Å². The van der Waals surface area contributed by atoms with Gasteiger partial charge in [0.1, 0.15) is 6.10 Å². The summed E-state index contributed by atoms with van der Waals surface area (Å²) in [7, 11) is 0. The van der Waals surface area contributed by atoms with Crippen LogP contribution in [-0.2, 0) is 0 Å². The third-order valence-electron chi connectivity index (χ3n) is 4.30. The minimum Gasteiger partial charge on any atom is -0.390 e. The normalized spacial score (nSPS) is 37.6. The molecule has 0 bridgehead atoms. The van der Waals surface area contributed by atoms with Gasteiger partial charge in [-0.1, -0.05) is 37.1 Å². The molecule has 3 rings (SSSR count). The largest absolute Gasteiger partial charge is 0.390 e. The van der Waals surface area contributed by atoms with Crippen LogP contribution in [0, 0.1) is 5.92 Å². The Morgan fingerprint density at radius 1 is 0.938 bits per heavy atom. The van der Waals surface area contributed by atoms with Gasteiger partial charge in [-0.25, -0.2) is 0 Å². The van der Waals surface area contributed by atoms with E-state index >= 15 is 0 Å². The molecule has 0 radical (unpaired) electrons. The molecule has 1 aromatic rings. The van der Waals surface area contributed by atoms with Crippen LogP contribution in [0.2, 0.25) is 0 Å². The zero-order valence-electron chi connectivity index (χ0n) is 9.34. The maximum Gasteiger partial charge on any atom is 0.105 e. The van der Waals surface area contributed by atoms with Crippen molar-refractivity contribution in [3.8, 4) is 0 Å². The zero-order valence-corrected chi connectivity index (χ0v) is 9.34. The fraction of sp³-hybridized carbons (Fsp3) is 0.571. The van der Waals surface area contributed by atoms with Crippen molar-refractivity contribution in [1.82, 2.24) is 0 Å². The average molecular weight is 218 g/mol. The number of hydrogen-bond acceptors (Lipinski definition) is 2. The molecule has 1 fully saturated rings. The Morgan fingerprint density at radius 3 is 2.44 bits per heavy atom. The van der Waals surface area contributed by atoms with Gasteiger partial charge in [-0.15, -0.1) is 0 Å². The molecule has 2 heteroatoms. The third-order valence-corrected chi connectivity index (χ3v) is 4.30. The second kappa shape index (κ2) is 3.86. The van der Waals surface area contributed by atoms with Crippen molar-refractivity contribution in [3.05, 3.63) is 35.4 Å². The van der Waals surface area contributed by atoms with E-state index in [9.17, 15) is 10.2 Å². The fourth-order valence-corrected chi connectivity index (χ4v) is 3.49. The molecule has 2 N–H and O–H groups in total. The Balaban J connectivity index is 2.07. The first-order valence-corrected chi connectivity index (χ1v) is 6.24. The molecule has 0 amide bonds. The van der Waals surface area contributed by atoms with Crippen LogP contribution in [0.25, 0.3) is 0 Å². The molecule has 3 unspecified atom stereocenters. The number of aliphatic hydroxyl groups excluding tert-OH is 2. The Morgan fingerprint density at radius 2 is 1.62 bits per heavy atom. The predicted octanol–water partition coefficient (Wildman–Crippen LogP) is 2.37. The van der Waals surface area contributed by atoms with Crippen LogP contribution in [0.15, 0.2) is 24.3 Å². The van der Waals surface area contributed by atoms with Gasteiger partial charge in [0.25, 0.3) is 0 Å². The lowest BCUT2D eigenvalue weighted by atomic mass is 9.66. The molecule has 4 atom stereocenters. The molecule has 16 heavy (non-hydrogen) atoms. The van der Waals surface area contributed by atoms with E-state index in [4.69, 9.17) is 0 Å². The summed E-state index contributed by atoms with van der Waals surface area (Å²) >= 11 is 0. The molecule has 0 aromatic heterocycles. The summed E-state index contributed by atoms with van der Waals surface area (Å²) in [6, 6.07) is 8.05. The zero-order chi connectivity index (χ0) is 11.1. The van der Waals surface area contributed by atoms with Gasteiger partial charge >= 0.3 is 0 Å². The highest BCUT2D eigenvalue weighted by molar-refractivity contribution is 5.36. The Labute approximate surface area is 95.9 Å². The number of rotatable bonds is 0. The van der Waals surface area contributed by atoms with E-state index in [0.29, 0.717) is 5.92 Å². The first-order chi connectivity index (χ1) is 7.79. The van der Waals surface area contributed by atoms with E-state index in [1.54, 1.807) is 0 Å². The SMILES string of the molecule is OC1c2ccccc2C2CCCCC2[C@@H]1O. The van der Waals surface area contributed by atoms with Crippen LogP contribution in [0.5, 0.6) is 0 Å². The molecule has 0 saturated heterocycles. The van der Waals surface area contributed by atoms with Gasteiger partial charge in [-0.3, -0.25) is 0 Å². The van der Waals surface area contributed by atoms with Gasteiger partial charge < -0.3 is 10.2 Å². The second-order valence-electron chi connectivity index (χ2n) is 5.12. The molecular formula is C14H18O2. The first kappa shape index (κ1) is 10.3. The van der Waals surface area contributed by atoms with Gasteiger partial charge in [0.05, 0.1) is 6.10 Å². The Bertz CT molecular complexity index is 388. The summed E-state index contributed by atoms with van der Waals surface area (Å²) in [6.07, 6.45) is 3.39. The Hall–Kier alpha value is -0.860. The van der Waals surface area contributed by atoms with E-state index < -0.39 is 12.2 Å². The highest BCUT2D eigenvalue weighted by atomic mass is 16.3. The van der Waals surface area contributed by atoms with E-state index in [-0.39, 0.29) is 5.92 Å². The lowest BCUT2D eigenvalue weighted by Gasteiger charge is -2.42. The molecule has 1 aromatic carbocycles. The molecule has 86 valence electrons. The molecule has 2 nitrogen and oxygen atoms in total. The van der Waals surface area contributed by atoms with Gasteiger partial charge in [0.15, 0.2) is 0 Å². The fourth-order valence-electron chi connectivity index (χ4n) is 3.49. The summed E-state index contributed by atoms with van der Waals surface area (Å²) in [5.41, 5.74) is 2.21. The van der Waals surface area contributed by atoms with Crippen LogP contribution < -0.4 is 0 Å². The number of hydrogen-bond donors (Lipinski definition) is 2. The van der Waals surface area contributed by atoms with Crippen LogP contribution >= 0.6 is 0 Å². The summed E-state index contributed by atoms with van der Waals surface area (Å²) in [4.78, 5) is 0. The maximum absolute atomic E-state index is 10.2. The second-order valence-corrected chi connectivity index (χ2v) is 5.12. The van der Waals surface area contributed by atoms with Crippen molar-refractivity contribution in [1.29, 1.82) is 0 Å². The third kappa shape index (κ3) is 1.40. The van der Waals surface area contributed by atoms with Crippen LogP contribution in [0.3, 0.4) is 0 Å². The topological polar surface area (TPSA) is 40.5 Å². The molecule has 2 aliphatic carbocycles. The Kier molecular flexibility index (Phi) is 2.49. The lowest BCUT2D eigenvalue weighted by molar-refractivity contribution is -0.0465. The number of fused-ring (bicyclic) bond motifs is 3. The van der Waals surface area contributed by atoms with Gasteiger partial charge in [0.2, 0.25) is 0 Å². The van der Waals surface area contributed by atoms with Crippen molar-refractivity contribution in [2.75, 3.05) is 0 Å². The molecule has 1 saturated carbocycles. The summed E-state index contributed by atoms with van der Waals surface area (Å²) in [6.45, 7) is 0. The van der Waals surface area contributed by atoms with E-state index in [0.717, 1.165) is 18.4 Å². The lowest BCUT2D eigenvalue weighted by Crippen LogP contribution is -2.39. The summed E-state index contributed by atoms with van der Waals surface area (Å²) in [5, 5.41) is 20.3. The molecule has 0 heterocycles. The maximum atomic E-state index is 10.2. The van der Waals surface area contributed by atoms with Crippen molar-refractivity contribution < 1.29 is 10.2 Å². The minimum absolute atomic E-state index is 0.263. The molecule has 0 spiro atoms. The first-order valence-electron chi connectivity index (χ1n) is 6.24. The molecule has 2 aliphatic rings. The standard InChI is InChI=1S/C14H18O2/c15-13-11-7-3-1-5-9(11)10-6-2-4-8-12(10)14(13)16/h1,3,5,7,10,12-16H,2,4,6,8H2/t10?,12?,13?,14-/m0/s1. The minimum atomic E-state index is -0.685. The van der Waals surface area contributed by atoms with Crippen molar-refractivity contribution >= 4 is 0 Å². The number of aliphatic hydroxyl groups is 2. The van der Waals surface area contributed by atoms with Gasteiger partial charge in [-0.2, -0.15) is 0 Å². The van der Waals surface area contributed by atoms with Crippen molar-refractivity contribution in [2.24, 2.45) is 5.92 Å². The van der Waals surface area contributed by atoms with Crippen LogP contribution in [0.1, 0.15) is 48.8 Å². The predicted molar refractivity (Wildman–Crippen MR) is 62.1 cm³/mol. The quantitative estimate of drug-likeness (QED) is 0.702. The summed E-state index contributed by atoms with van der Waals surface area (Å²) < 4.78 is 0. The average Bonchev–Trinajstić information content (AvgIpc) is 2.36. The monoisotopic (exact) mass is 218 g/mol. The van der Waals surface area contributed by atoms with Gasteiger partial charge in [-0.05, 0) is 35.8 Å². The van der Waals surface area contributed by atoms with E-state index in [1.165, 1.54) is 18.4 Å². The van der Waals surface area contributed by atoms with Crippen LogP contribution in [0.4, 0.5) is 0 Å². The van der Waals surface area contributed by atoms with E-state index in [2.05, 4.69) is 6.07 Å².